The van der Waals surface area contributed by atoms with Gasteiger partial charge in [-0.2, -0.15) is 0 Å². The van der Waals surface area contributed by atoms with Crippen molar-refractivity contribution in [1.82, 2.24) is 9.88 Å². The molecule has 6 nitrogen and oxygen atoms in total. The van der Waals surface area contributed by atoms with Gasteiger partial charge in [0.05, 0.1) is 18.2 Å². The van der Waals surface area contributed by atoms with Gasteiger partial charge in [-0.05, 0) is 78.6 Å². The van der Waals surface area contributed by atoms with E-state index in [0.717, 1.165) is 38.2 Å². The summed E-state index contributed by atoms with van der Waals surface area (Å²) in [4.78, 5) is 32.6. The minimum Gasteiger partial charge on any atom is -0.507 e. The van der Waals surface area contributed by atoms with Crippen molar-refractivity contribution in [3.63, 3.8) is 0 Å². The number of aromatic amines is 1. The number of benzene rings is 2. The molecule has 2 aromatic carbocycles. The van der Waals surface area contributed by atoms with Crippen LogP contribution in [0.5, 0.6) is 5.75 Å². The monoisotopic (exact) mass is 528 g/mol. The van der Waals surface area contributed by atoms with Gasteiger partial charge in [0.2, 0.25) is 0 Å². The normalized spacial score (nSPS) is 17.2. The summed E-state index contributed by atoms with van der Waals surface area (Å²) in [6.45, 7) is 8.99. The molecule has 1 fully saturated rings. The number of ether oxygens (including phenoxy) is 1. The first kappa shape index (κ1) is 25.8. The third-order valence-electron chi connectivity index (χ3n) is 7.01. The summed E-state index contributed by atoms with van der Waals surface area (Å²) in [5, 5.41) is 14.5. The number of carbonyl (C=O) groups excluding carboxylic acids is 2. The van der Waals surface area contributed by atoms with Gasteiger partial charge in [-0.15, -0.1) is 11.3 Å². The molecule has 1 aliphatic rings. The highest BCUT2D eigenvalue weighted by molar-refractivity contribution is 7.10. The molecule has 2 N–H and O–H groups in total. The fourth-order valence-electron chi connectivity index (χ4n) is 5.00. The third kappa shape index (κ3) is 4.74. The van der Waals surface area contributed by atoms with Crippen LogP contribution in [0.2, 0.25) is 0 Å². The van der Waals surface area contributed by atoms with Crippen molar-refractivity contribution in [2.24, 2.45) is 5.92 Å². The lowest BCUT2D eigenvalue weighted by Gasteiger charge is -2.25. The first-order valence-corrected chi connectivity index (χ1v) is 13.8. The quantitative estimate of drug-likeness (QED) is 0.154. The number of rotatable bonds is 8. The van der Waals surface area contributed by atoms with E-state index in [2.05, 4.69) is 18.8 Å². The predicted molar refractivity (Wildman–Crippen MR) is 152 cm³/mol. The zero-order valence-corrected chi connectivity index (χ0v) is 22.9. The zero-order chi connectivity index (χ0) is 27.0. The van der Waals surface area contributed by atoms with Crippen LogP contribution in [0.15, 0.2) is 65.7 Å². The molecular formula is C31H32N2O4S. The second kappa shape index (κ2) is 10.5. The Kier molecular flexibility index (Phi) is 7.13. The van der Waals surface area contributed by atoms with Crippen molar-refractivity contribution >= 4 is 39.7 Å². The highest BCUT2D eigenvalue weighted by Crippen LogP contribution is 2.43. The number of H-pyrrole nitrogens is 1. The Morgan fingerprint density at radius 1 is 1.11 bits per heavy atom. The lowest BCUT2D eigenvalue weighted by Crippen LogP contribution is -2.31. The van der Waals surface area contributed by atoms with Crippen LogP contribution in [0, 0.1) is 19.8 Å². The molecule has 1 saturated heterocycles. The van der Waals surface area contributed by atoms with Gasteiger partial charge in [-0.25, -0.2) is 0 Å². The maximum absolute atomic E-state index is 13.4. The minimum atomic E-state index is -0.656. The number of nitrogens with zero attached hydrogens (tertiary/aromatic N) is 1. The first-order chi connectivity index (χ1) is 18.3. The van der Waals surface area contributed by atoms with Gasteiger partial charge < -0.3 is 19.7 Å². The van der Waals surface area contributed by atoms with Crippen molar-refractivity contribution in [3.8, 4) is 5.75 Å². The van der Waals surface area contributed by atoms with Crippen LogP contribution in [0.1, 0.15) is 47.0 Å². The molecule has 0 saturated carbocycles. The summed E-state index contributed by atoms with van der Waals surface area (Å²) in [6.07, 6.45) is 2.54. The lowest BCUT2D eigenvalue weighted by atomic mass is 9.97. The third-order valence-corrected chi connectivity index (χ3v) is 8.08. The fourth-order valence-corrected chi connectivity index (χ4v) is 6.04. The molecule has 7 heteroatoms. The van der Waals surface area contributed by atoms with Crippen LogP contribution in [0.25, 0.3) is 16.7 Å². The molecule has 2 aromatic heterocycles. The molecule has 0 spiro atoms. The second-order valence-corrected chi connectivity index (χ2v) is 11.2. The molecule has 1 unspecified atom stereocenters. The summed E-state index contributed by atoms with van der Waals surface area (Å²) in [5.74, 6) is -0.277. The smallest absolute Gasteiger partial charge is 0.295 e. The van der Waals surface area contributed by atoms with Crippen molar-refractivity contribution in [2.75, 3.05) is 13.2 Å². The Bertz CT molecular complexity index is 1540. The van der Waals surface area contributed by atoms with Gasteiger partial charge in [0, 0.05) is 34.1 Å². The maximum atomic E-state index is 13.4. The number of carbonyl (C=O) groups is 2. The van der Waals surface area contributed by atoms with Crippen LogP contribution >= 0.6 is 11.3 Å². The number of nitrogens with one attached hydrogen (secondary N) is 1. The van der Waals surface area contributed by atoms with Crippen LogP contribution in [-0.4, -0.2) is 39.8 Å². The van der Waals surface area contributed by atoms with E-state index in [1.807, 2.05) is 67.9 Å². The maximum Gasteiger partial charge on any atom is 0.295 e. The largest absolute Gasteiger partial charge is 0.507 e. The second-order valence-electron chi connectivity index (χ2n) is 10.3. The molecule has 4 aromatic rings. The van der Waals surface area contributed by atoms with Crippen molar-refractivity contribution in [2.45, 2.75) is 40.2 Å². The van der Waals surface area contributed by atoms with Crippen LogP contribution in [-0.2, 0) is 16.0 Å². The van der Waals surface area contributed by atoms with E-state index >= 15 is 0 Å². The molecule has 1 aliphatic heterocycles. The van der Waals surface area contributed by atoms with Crippen LogP contribution in [0.3, 0.4) is 0 Å². The number of amides is 1. The molecule has 38 heavy (non-hydrogen) atoms. The minimum absolute atomic E-state index is 0.134. The Balaban J connectivity index is 1.51. The van der Waals surface area contributed by atoms with Gasteiger partial charge in [-0.1, -0.05) is 32.0 Å². The fraction of sp³-hybridized carbons (Fsp3) is 0.290. The number of hydrogen-bond donors (Lipinski definition) is 2. The molecule has 0 radical (unpaired) electrons. The number of para-hydroxylation sites is 1. The molecule has 1 atom stereocenters. The highest BCUT2D eigenvalue weighted by Gasteiger charge is 2.46. The number of hydrogen-bond acceptors (Lipinski definition) is 5. The topological polar surface area (TPSA) is 82.6 Å². The Morgan fingerprint density at radius 2 is 1.89 bits per heavy atom. The summed E-state index contributed by atoms with van der Waals surface area (Å²) in [5.41, 5.74) is 4.58. The summed E-state index contributed by atoms with van der Waals surface area (Å²) >= 11 is 1.49. The first-order valence-electron chi connectivity index (χ1n) is 12.9. The Hall–Kier alpha value is -3.84. The van der Waals surface area contributed by atoms with Crippen molar-refractivity contribution in [3.05, 3.63) is 92.8 Å². The van der Waals surface area contributed by atoms with E-state index in [4.69, 9.17) is 4.74 Å². The number of thiophene rings is 1. The van der Waals surface area contributed by atoms with Gasteiger partial charge in [0.1, 0.15) is 11.5 Å². The number of ketones is 1. The Labute approximate surface area is 226 Å². The number of aliphatic hydroxyl groups is 1. The van der Waals surface area contributed by atoms with E-state index in [1.54, 1.807) is 11.0 Å². The van der Waals surface area contributed by atoms with Crippen molar-refractivity contribution < 1.29 is 19.4 Å². The highest BCUT2D eigenvalue weighted by atomic mass is 32.1. The number of aromatic nitrogens is 1. The zero-order valence-electron chi connectivity index (χ0n) is 22.1. The number of likely N-dealkylation sites (tertiary alicyclic amines) is 1. The van der Waals surface area contributed by atoms with E-state index < -0.39 is 17.7 Å². The molecule has 1 amide bonds. The summed E-state index contributed by atoms with van der Waals surface area (Å²) < 4.78 is 5.88. The van der Waals surface area contributed by atoms with Gasteiger partial charge >= 0.3 is 0 Å². The number of fused-ring (bicyclic) bond motifs is 1. The van der Waals surface area contributed by atoms with Gasteiger partial charge in [-0.3, -0.25) is 9.59 Å². The van der Waals surface area contributed by atoms with Gasteiger partial charge in [0.25, 0.3) is 11.7 Å². The van der Waals surface area contributed by atoms with Gasteiger partial charge in [0.15, 0.2) is 0 Å². The number of aryl methyl sites for hydroxylation is 2. The van der Waals surface area contributed by atoms with E-state index in [0.29, 0.717) is 31.1 Å². The van der Waals surface area contributed by atoms with E-state index in [1.165, 1.54) is 11.3 Å². The molecule has 196 valence electrons. The molecule has 0 aliphatic carbocycles. The van der Waals surface area contributed by atoms with E-state index in [-0.39, 0.29) is 11.3 Å². The molecular weight excluding hydrogens is 496 g/mol. The average molecular weight is 529 g/mol. The van der Waals surface area contributed by atoms with Crippen molar-refractivity contribution in [1.29, 1.82) is 0 Å². The number of Topliss-reactive ketones (excluding diaryl/α,β-unsaturated/α-hetero) is 1. The van der Waals surface area contributed by atoms with E-state index in [9.17, 15) is 14.7 Å². The SMILES string of the molecule is Cc1cc(/C(O)=C2/C(=O)C(=O)N(CCc3c[nH]c4ccccc34)C2c2sccc2C)ccc1OCC(C)C. The molecule has 5 rings (SSSR count). The van der Waals surface area contributed by atoms with Crippen LogP contribution < -0.4 is 4.74 Å². The Morgan fingerprint density at radius 3 is 2.61 bits per heavy atom. The summed E-state index contributed by atoms with van der Waals surface area (Å²) in [7, 11) is 0. The summed E-state index contributed by atoms with van der Waals surface area (Å²) in [6, 6.07) is 14.7. The predicted octanol–water partition coefficient (Wildman–Crippen LogP) is 6.55. The standard InChI is InChI=1S/C31H32N2O4S/c1-18(2)17-37-25-10-9-21(15-20(25)4)28(34)26-27(30-19(3)12-14-38-30)33(31(36)29(26)35)13-11-22-16-32-24-8-6-5-7-23(22)24/h5-10,12,14-16,18,27,32,34H,11,13,17H2,1-4H3/b28-26-. The molecule has 3 heterocycles. The number of aliphatic hydroxyl groups excluding tert-OH is 1. The van der Waals surface area contributed by atoms with Crippen LogP contribution in [0.4, 0.5) is 0 Å². The lowest BCUT2D eigenvalue weighted by molar-refractivity contribution is -0.139. The average Bonchev–Trinajstić information content (AvgIpc) is 3.58. The molecule has 0 bridgehead atoms.